The number of aromatic nitrogens is 3. The number of halogens is 3. The Kier molecular flexibility index (Phi) is 6.72. The minimum atomic E-state index is -4.60. The van der Waals surface area contributed by atoms with Gasteiger partial charge in [-0.3, -0.25) is 15.1 Å². The second kappa shape index (κ2) is 9.30. The highest BCUT2D eigenvalue weighted by Gasteiger charge is 2.34. The first-order valence-corrected chi connectivity index (χ1v) is 10.2. The van der Waals surface area contributed by atoms with E-state index in [0.29, 0.717) is 16.7 Å². The average molecular weight is 464 g/mol. The van der Waals surface area contributed by atoms with E-state index in [1.165, 1.54) is 31.7 Å². The molecule has 0 spiro atoms. The molecule has 3 N–H and O–H groups in total. The molecule has 0 unspecified atom stereocenters. The summed E-state index contributed by atoms with van der Waals surface area (Å²) >= 11 is 0.805. The van der Waals surface area contributed by atoms with Crippen LogP contribution in [0.1, 0.15) is 29.9 Å². The number of carbonyl (C=O) groups is 2. The fourth-order valence-electron chi connectivity index (χ4n) is 2.73. The zero-order chi connectivity index (χ0) is 23.5. The van der Waals surface area contributed by atoms with Gasteiger partial charge in [0.05, 0.1) is 5.56 Å². The van der Waals surface area contributed by atoms with Crippen LogP contribution in [0.4, 0.5) is 23.8 Å². The first-order valence-electron chi connectivity index (χ1n) is 9.36. The molecule has 0 aromatic carbocycles. The lowest BCUT2D eigenvalue weighted by molar-refractivity contribution is -0.140. The van der Waals surface area contributed by atoms with Gasteiger partial charge in [0.2, 0.25) is 0 Å². The van der Waals surface area contributed by atoms with E-state index in [-0.39, 0.29) is 28.3 Å². The molecule has 3 rings (SSSR count). The van der Waals surface area contributed by atoms with E-state index in [9.17, 15) is 22.8 Å². The van der Waals surface area contributed by atoms with Crippen molar-refractivity contribution in [2.45, 2.75) is 26.1 Å². The summed E-state index contributed by atoms with van der Waals surface area (Å²) in [5.41, 5.74) is 0.405. The third-order valence-electron chi connectivity index (χ3n) is 4.13. The Bertz CT molecular complexity index is 1150. The van der Waals surface area contributed by atoms with Gasteiger partial charge in [-0.2, -0.15) is 13.2 Å². The Morgan fingerprint density at radius 1 is 1.09 bits per heavy atom. The van der Waals surface area contributed by atoms with Crippen LogP contribution in [0, 0.1) is 0 Å². The maximum Gasteiger partial charge on any atom is 0.434 e. The highest BCUT2D eigenvalue weighted by molar-refractivity contribution is 7.13. The lowest BCUT2D eigenvalue weighted by Crippen LogP contribution is -2.34. The van der Waals surface area contributed by atoms with Crippen LogP contribution in [-0.4, -0.2) is 40.0 Å². The maximum atomic E-state index is 13.1. The zero-order valence-corrected chi connectivity index (χ0v) is 18.1. The third kappa shape index (κ3) is 5.38. The summed E-state index contributed by atoms with van der Waals surface area (Å²) in [6, 6.07) is 2.34. The summed E-state index contributed by atoms with van der Waals surface area (Å²) in [5.74, 6) is -0.243. The van der Waals surface area contributed by atoms with Crippen LogP contribution in [0.25, 0.3) is 21.7 Å². The number of hydrogen-bond donors (Lipinski definition) is 3. The molecule has 0 aliphatic rings. The number of nitrogens with one attached hydrogen (secondary N) is 3. The van der Waals surface area contributed by atoms with Gasteiger partial charge < -0.3 is 10.6 Å². The monoisotopic (exact) mass is 464 g/mol. The van der Waals surface area contributed by atoms with Crippen LogP contribution < -0.4 is 16.0 Å². The van der Waals surface area contributed by atoms with Crippen LogP contribution in [0.3, 0.4) is 0 Å². The molecule has 3 aromatic heterocycles. The Hall–Kier alpha value is -3.54. The van der Waals surface area contributed by atoms with E-state index in [4.69, 9.17) is 0 Å². The molecule has 168 valence electrons. The minimum absolute atomic E-state index is 0.0763. The predicted molar refractivity (Wildman–Crippen MR) is 114 cm³/mol. The lowest BCUT2D eigenvalue weighted by atomic mass is 10.0. The number of carbonyl (C=O) groups excluding carboxylic acids is 2. The van der Waals surface area contributed by atoms with Crippen LogP contribution in [0.2, 0.25) is 0 Å². The van der Waals surface area contributed by atoms with Crippen molar-refractivity contribution in [3.8, 4) is 21.7 Å². The number of hydrogen-bond acceptors (Lipinski definition) is 6. The van der Waals surface area contributed by atoms with Crippen molar-refractivity contribution in [2.24, 2.45) is 0 Å². The van der Waals surface area contributed by atoms with Gasteiger partial charge in [-0.25, -0.2) is 14.8 Å². The number of anilines is 1. The van der Waals surface area contributed by atoms with Crippen molar-refractivity contribution < 1.29 is 22.8 Å². The van der Waals surface area contributed by atoms with E-state index in [1.54, 1.807) is 19.9 Å². The van der Waals surface area contributed by atoms with Crippen LogP contribution >= 0.6 is 11.3 Å². The molecule has 32 heavy (non-hydrogen) atoms. The molecule has 0 atom stereocenters. The Labute approximate surface area is 185 Å². The molecule has 0 aliphatic heterocycles. The fraction of sp³-hybridized carbons (Fsp3) is 0.250. The van der Waals surface area contributed by atoms with Gasteiger partial charge >= 0.3 is 12.2 Å². The molecule has 0 aliphatic carbocycles. The summed E-state index contributed by atoms with van der Waals surface area (Å²) in [4.78, 5) is 36.0. The van der Waals surface area contributed by atoms with Crippen molar-refractivity contribution in [2.75, 3.05) is 12.4 Å². The molecule has 8 nitrogen and oxygen atoms in total. The fourth-order valence-corrected chi connectivity index (χ4v) is 3.59. The molecular formula is C20H19F3N6O2S. The number of rotatable bonds is 5. The molecule has 3 amide bonds. The number of thiazole rings is 1. The Morgan fingerprint density at radius 2 is 1.84 bits per heavy atom. The quantitative estimate of drug-likeness (QED) is 0.525. The second-order valence-corrected chi connectivity index (χ2v) is 7.80. The molecule has 12 heteroatoms. The average Bonchev–Trinajstić information content (AvgIpc) is 3.23. The molecule has 0 saturated carbocycles. The number of alkyl halides is 3. The van der Waals surface area contributed by atoms with E-state index < -0.39 is 17.9 Å². The number of urea groups is 1. The highest BCUT2D eigenvalue weighted by atomic mass is 32.1. The first kappa shape index (κ1) is 23.1. The van der Waals surface area contributed by atoms with Crippen molar-refractivity contribution in [1.29, 1.82) is 0 Å². The van der Waals surface area contributed by atoms with Gasteiger partial charge in [-0.1, -0.05) is 0 Å². The Morgan fingerprint density at radius 3 is 2.47 bits per heavy atom. The third-order valence-corrected chi connectivity index (χ3v) is 5.00. The van der Waals surface area contributed by atoms with Gasteiger partial charge in [0, 0.05) is 53.8 Å². The molecule has 0 saturated heterocycles. The van der Waals surface area contributed by atoms with Gasteiger partial charge in [-0.05, 0) is 26.0 Å². The molecule has 3 heterocycles. The van der Waals surface area contributed by atoms with Crippen molar-refractivity contribution >= 4 is 29.1 Å². The van der Waals surface area contributed by atoms with Gasteiger partial charge in [-0.15, -0.1) is 11.3 Å². The molecule has 3 aromatic rings. The summed E-state index contributed by atoms with van der Waals surface area (Å²) in [5, 5.41) is 8.67. The minimum Gasteiger partial charge on any atom is -0.355 e. The number of nitrogens with zero attached hydrogens (tertiary/aromatic N) is 3. The molecule has 0 fully saturated rings. The maximum absolute atomic E-state index is 13.1. The lowest BCUT2D eigenvalue weighted by Gasteiger charge is -2.13. The normalized spacial score (nSPS) is 11.3. The van der Waals surface area contributed by atoms with Gasteiger partial charge in [0.25, 0.3) is 5.91 Å². The number of amides is 3. The number of pyridine rings is 2. The Balaban J connectivity index is 2.10. The van der Waals surface area contributed by atoms with Crippen molar-refractivity contribution in [3.63, 3.8) is 0 Å². The van der Waals surface area contributed by atoms with E-state index >= 15 is 0 Å². The summed E-state index contributed by atoms with van der Waals surface area (Å²) in [6.07, 6.45) is -0.378. The predicted octanol–water partition coefficient (Wildman–Crippen LogP) is 4.18. The second-order valence-electron chi connectivity index (χ2n) is 6.95. The SMILES string of the molecule is CNC(=O)c1cncc(-c2cnc(NC(=O)NC(C)C)cc2-c2nc(C(F)(F)F)cs2)c1. The summed E-state index contributed by atoms with van der Waals surface area (Å²) in [7, 11) is 1.47. The van der Waals surface area contributed by atoms with Gasteiger partial charge in [0.15, 0.2) is 5.69 Å². The van der Waals surface area contributed by atoms with Crippen LogP contribution in [-0.2, 0) is 6.18 Å². The zero-order valence-electron chi connectivity index (χ0n) is 17.2. The molecular weight excluding hydrogens is 445 g/mol. The largest absolute Gasteiger partial charge is 0.434 e. The first-order chi connectivity index (χ1) is 15.1. The topological polar surface area (TPSA) is 109 Å². The van der Waals surface area contributed by atoms with E-state index in [0.717, 1.165) is 16.7 Å². The van der Waals surface area contributed by atoms with Gasteiger partial charge in [0.1, 0.15) is 10.8 Å². The molecule has 0 radical (unpaired) electrons. The summed E-state index contributed by atoms with van der Waals surface area (Å²) < 4.78 is 39.3. The van der Waals surface area contributed by atoms with Crippen LogP contribution in [0.15, 0.2) is 36.1 Å². The smallest absolute Gasteiger partial charge is 0.355 e. The van der Waals surface area contributed by atoms with E-state index in [1.807, 2.05) is 0 Å². The van der Waals surface area contributed by atoms with Crippen molar-refractivity contribution in [3.05, 3.63) is 47.4 Å². The standard InChI is InChI=1S/C20H19F3N6O2S/c1-10(2)27-19(31)29-16-5-13(18-28-15(9-32-18)20(21,22)23)14(8-26-16)11-4-12(7-25-6-11)17(30)24-3/h4-10H,1-3H3,(H,24,30)(H2,26,27,29,31). The van der Waals surface area contributed by atoms with Crippen LogP contribution in [0.5, 0.6) is 0 Å². The molecule has 0 bridgehead atoms. The summed E-state index contributed by atoms with van der Waals surface area (Å²) in [6.45, 7) is 3.56. The van der Waals surface area contributed by atoms with Crippen molar-refractivity contribution in [1.82, 2.24) is 25.6 Å². The van der Waals surface area contributed by atoms with E-state index in [2.05, 4.69) is 30.9 Å². The highest BCUT2D eigenvalue weighted by Crippen LogP contribution is 2.38.